The summed E-state index contributed by atoms with van der Waals surface area (Å²) in [4.78, 5) is 17.1. The molecule has 26 heavy (non-hydrogen) atoms. The maximum atomic E-state index is 12.5. The van der Waals surface area contributed by atoms with Gasteiger partial charge in [0.05, 0.1) is 19.4 Å². The van der Waals surface area contributed by atoms with Gasteiger partial charge in [0.2, 0.25) is 5.88 Å². The lowest BCUT2D eigenvalue weighted by atomic mass is 10.1. The van der Waals surface area contributed by atoms with E-state index in [2.05, 4.69) is 10.1 Å². The lowest BCUT2D eigenvalue weighted by Gasteiger charge is -2.15. The van der Waals surface area contributed by atoms with Gasteiger partial charge in [-0.2, -0.15) is 0 Å². The average Bonchev–Trinajstić information content (AvgIpc) is 3.02. The number of carbonyl (C=O) groups excluding carboxylic acids is 1. The highest BCUT2D eigenvalue weighted by atomic mass is 16.6. The van der Waals surface area contributed by atoms with Gasteiger partial charge < -0.3 is 14.2 Å². The molecular weight excluding hydrogens is 334 g/mol. The van der Waals surface area contributed by atoms with Gasteiger partial charge in [-0.25, -0.2) is 14.3 Å². The summed E-state index contributed by atoms with van der Waals surface area (Å²) in [5, 5.41) is 4.41. The first-order valence-corrected chi connectivity index (χ1v) is 8.29. The number of ether oxygens (including phenoxy) is 3. The van der Waals surface area contributed by atoms with Crippen LogP contribution in [0.25, 0.3) is 16.9 Å². The average molecular weight is 355 g/mol. The number of hydrogen-bond acceptors (Lipinski definition) is 6. The summed E-state index contributed by atoms with van der Waals surface area (Å²) >= 11 is 0. The number of benzene rings is 1. The van der Waals surface area contributed by atoms with Crippen molar-refractivity contribution in [2.45, 2.75) is 20.0 Å². The third kappa shape index (κ3) is 3.25. The summed E-state index contributed by atoms with van der Waals surface area (Å²) in [7, 11) is 2.99. The Hall–Kier alpha value is -2.93. The summed E-state index contributed by atoms with van der Waals surface area (Å²) < 4.78 is 17.4. The lowest BCUT2D eigenvalue weighted by molar-refractivity contribution is -0.155. The normalized spacial score (nSPS) is 12.2. The Kier molecular flexibility index (Phi) is 5.18. The monoisotopic (exact) mass is 355 g/mol. The summed E-state index contributed by atoms with van der Waals surface area (Å²) in [5.41, 5.74) is 3.70. The molecule has 7 nitrogen and oxygen atoms in total. The van der Waals surface area contributed by atoms with Gasteiger partial charge in [0.1, 0.15) is 5.69 Å². The van der Waals surface area contributed by atoms with E-state index in [9.17, 15) is 4.79 Å². The van der Waals surface area contributed by atoms with Crippen molar-refractivity contribution in [3.05, 3.63) is 47.7 Å². The first-order chi connectivity index (χ1) is 12.6. The molecule has 2 heterocycles. The van der Waals surface area contributed by atoms with Crippen molar-refractivity contribution in [2.75, 3.05) is 20.8 Å². The minimum atomic E-state index is -0.958. The lowest BCUT2D eigenvalue weighted by Crippen LogP contribution is -2.20. The quantitative estimate of drug-likeness (QED) is 0.633. The van der Waals surface area contributed by atoms with Crippen LogP contribution in [0.15, 0.2) is 36.4 Å². The molecule has 1 unspecified atom stereocenters. The predicted octanol–water partition coefficient (Wildman–Crippen LogP) is 2.96. The summed E-state index contributed by atoms with van der Waals surface area (Å²) in [6.45, 7) is 4.02. The van der Waals surface area contributed by atoms with Crippen LogP contribution in [0, 0.1) is 6.92 Å². The van der Waals surface area contributed by atoms with Gasteiger partial charge in [-0.05, 0) is 19.9 Å². The SMILES string of the molecule is CCOC(=O)C(OC)c1c(-c2ccc(C)cc2)nc2ccc(OC)nn12. The van der Waals surface area contributed by atoms with E-state index < -0.39 is 12.1 Å². The van der Waals surface area contributed by atoms with Crippen LogP contribution in [0.2, 0.25) is 0 Å². The fourth-order valence-electron chi connectivity index (χ4n) is 2.74. The molecule has 0 bridgehead atoms. The second kappa shape index (κ2) is 7.53. The Morgan fingerprint density at radius 1 is 1.15 bits per heavy atom. The molecule has 0 saturated heterocycles. The number of methoxy groups -OCH3 is 2. The van der Waals surface area contributed by atoms with Gasteiger partial charge in [0.25, 0.3) is 0 Å². The second-order valence-corrected chi connectivity index (χ2v) is 5.73. The minimum absolute atomic E-state index is 0.256. The standard InChI is InChI=1S/C19H21N3O4/c1-5-26-19(23)18(25-4)17-16(13-8-6-12(2)7-9-13)20-14-10-11-15(24-3)21-22(14)17/h6-11,18H,5H2,1-4H3. The van der Waals surface area contributed by atoms with E-state index >= 15 is 0 Å². The number of carbonyl (C=O) groups is 1. The molecule has 0 spiro atoms. The van der Waals surface area contributed by atoms with Crippen LogP contribution in [-0.2, 0) is 14.3 Å². The zero-order chi connectivity index (χ0) is 18.7. The Balaban J connectivity index is 2.25. The fraction of sp³-hybridized carbons (Fsp3) is 0.316. The molecule has 0 aliphatic rings. The number of fused-ring (bicyclic) bond motifs is 1. The highest BCUT2D eigenvalue weighted by Gasteiger charge is 2.30. The van der Waals surface area contributed by atoms with Crippen LogP contribution >= 0.6 is 0 Å². The van der Waals surface area contributed by atoms with E-state index in [0.29, 0.717) is 22.9 Å². The van der Waals surface area contributed by atoms with Gasteiger partial charge in [0.15, 0.2) is 11.8 Å². The molecule has 7 heteroatoms. The zero-order valence-electron chi connectivity index (χ0n) is 15.2. The maximum Gasteiger partial charge on any atom is 0.341 e. The van der Waals surface area contributed by atoms with Crippen LogP contribution < -0.4 is 4.74 Å². The van der Waals surface area contributed by atoms with Crippen molar-refractivity contribution >= 4 is 11.6 Å². The number of aryl methyl sites for hydroxylation is 1. The summed E-state index contributed by atoms with van der Waals surface area (Å²) in [5.74, 6) is -0.0832. The van der Waals surface area contributed by atoms with E-state index in [-0.39, 0.29) is 6.61 Å². The number of esters is 1. The highest BCUT2D eigenvalue weighted by Crippen LogP contribution is 2.31. The van der Waals surface area contributed by atoms with Crippen LogP contribution in [0.3, 0.4) is 0 Å². The van der Waals surface area contributed by atoms with Crippen LogP contribution in [0.5, 0.6) is 5.88 Å². The van der Waals surface area contributed by atoms with Crippen molar-refractivity contribution < 1.29 is 19.0 Å². The second-order valence-electron chi connectivity index (χ2n) is 5.73. The van der Waals surface area contributed by atoms with Crippen LogP contribution in [0.1, 0.15) is 24.3 Å². The predicted molar refractivity (Wildman–Crippen MR) is 96.1 cm³/mol. The Morgan fingerprint density at radius 3 is 2.50 bits per heavy atom. The number of rotatable bonds is 6. The molecular formula is C19H21N3O4. The minimum Gasteiger partial charge on any atom is -0.480 e. The van der Waals surface area contributed by atoms with E-state index in [1.54, 1.807) is 23.6 Å². The van der Waals surface area contributed by atoms with Crippen molar-refractivity contribution in [3.63, 3.8) is 0 Å². The molecule has 1 aromatic carbocycles. The number of aromatic nitrogens is 3. The zero-order valence-corrected chi connectivity index (χ0v) is 15.2. The van der Waals surface area contributed by atoms with Gasteiger partial charge in [-0.15, -0.1) is 5.10 Å². The molecule has 2 aromatic heterocycles. The van der Waals surface area contributed by atoms with Crippen molar-refractivity contribution in [2.24, 2.45) is 0 Å². The molecule has 0 amide bonds. The molecule has 0 aliphatic heterocycles. The Bertz CT molecular complexity index is 918. The number of imidazole rings is 1. The van der Waals surface area contributed by atoms with Gasteiger partial charge in [0, 0.05) is 18.7 Å². The first-order valence-electron chi connectivity index (χ1n) is 8.29. The Labute approximate surface area is 151 Å². The molecule has 3 rings (SSSR count). The van der Waals surface area contributed by atoms with Crippen molar-refractivity contribution in [1.82, 2.24) is 14.6 Å². The molecule has 0 N–H and O–H groups in total. The Morgan fingerprint density at radius 2 is 1.88 bits per heavy atom. The highest BCUT2D eigenvalue weighted by molar-refractivity contribution is 5.80. The van der Waals surface area contributed by atoms with E-state index in [0.717, 1.165) is 11.1 Å². The number of nitrogens with zero attached hydrogens (tertiary/aromatic N) is 3. The smallest absolute Gasteiger partial charge is 0.341 e. The van der Waals surface area contributed by atoms with Crippen LogP contribution in [0.4, 0.5) is 0 Å². The molecule has 136 valence electrons. The van der Waals surface area contributed by atoms with Crippen LogP contribution in [-0.4, -0.2) is 41.4 Å². The van der Waals surface area contributed by atoms with Crippen molar-refractivity contribution in [3.8, 4) is 17.1 Å². The third-order valence-electron chi connectivity index (χ3n) is 4.01. The van der Waals surface area contributed by atoms with Gasteiger partial charge in [-0.1, -0.05) is 29.8 Å². The molecule has 0 fully saturated rings. The van der Waals surface area contributed by atoms with Gasteiger partial charge >= 0.3 is 5.97 Å². The topological polar surface area (TPSA) is 75.0 Å². The molecule has 0 aliphatic carbocycles. The molecule has 0 radical (unpaired) electrons. The molecule has 3 aromatic rings. The first kappa shape index (κ1) is 17.9. The van der Waals surface area contributed by atoms with Gasteiger partial charge in [-0.3, -0.25) is 0 Å². The fourth-order valence-corrected chi connectivity index (χ4v) is 2.74. The number of hydrogen-bond donors (Lipinski definition) is 0. The summed E-state index contributed by atoms with van der Waals surface area (Å²) in [6.07, 6.45) is -0.958. The van der Waals surface area contributed by atoms with E-state index in [1.165, 1.54) is 14.2 Å². The summed E-state index contributed by atoms with van der Waals surface area (Å²) in [6, 6.07) is 11.4. The maximum absolute atomic E-state index is 12.5. The molecule has 0 saturated carbocycles. The van der Waals surface area contributed by atoms with E-state index in [4.69, 9.17) is 14.2 Å². The molecule has 1 atom stereocenters. The largest absolute Gasteiger partial charge is 0.480 e. The third-order valence-corrected chi connectivity index (χ3v) is 4.01. The van der Waals surface area contributed by atoms with Crippen molar-refractivity contribution in [1.29, 1.82) is 0 Å². The van der Waals surface area contributed by atoms with E-state index in [1.807, 2.05) is 31.2 Å².